The lowest BCUT2D eigenvalue weighted by Crippen LogP contribution is -2.49. The van der Waals surface area contributed by atoms with Crippen LogP contribution in [0.25, 0.3) is 0 Å². The number of guanidine groups is 1. The Balaban J connectivity index is 0.00000385. The molecule has 2 fully saturated rings. The molecule has 1 unspecified atom stereocenters. The minimum Gasteiger partial charge on any atom is -0.444 e. The number of carbonyl (C=O) groups excluding carboxylic acids is 1. The van der Waals surface area contributed by atoms with Crippen molar-refractivity contribution >= 4 is 41.8 Å². The molecular formula is C24H41IN6O2. The maximum absolute atomic E-state index is 12.4. The van der Waals surface area contributed by atoms with Crippen LogP contribution in [0.5, 0.6) is 0 Å². The predicted molar refractivity (Wildman–Crippen MR) is 145 cm³/mol. The van der Waals surface area contributed by atoms with Gasteiger partial charge in [0.05, 0.1) is 0 Å². The molecule has 0 radical (unpaired) electrons. The van der Waals surface area contributed by atoms with Crippen LogP contribution in [0.3, 0.4) is 0 Å². The molecule has 1 aromatic heterocycles. The summed E-state index contributed by atoms with van der Waals surface area (Å²) in [7, 11) is 1.82. The first-order chi connectivity index (χ1) is 15.3. The van der Waals surface area contributed by atoms with Crippen molar-refractivity contribution in [2.24, 2.45) is 10.9 Å². The van der Waals surface area contributed by atoms with Gasteiger partial charge in [0.1, 0.15) is 11.4 Å². The largest absolute Gasteiger partial charge is 0.444 e. The first-order valence-electron chi connectivity index (χ1n) is 11.9. The number of nitrogens with one attached hydrogen (secondary N) is 2. The maximum Gasteiger partial charge on any atom is 0.410 e. The fourth-order valence-electron chi connectivity index (χ4n) is 4.37. The number of hydrogen-bond donors (Lipinski definition) is 2. The Morgan fingerprint density at radius 1 is 1.21 bits per heavy atom. The second-order valence-corrected chi connectivity index (χ2v) is 9.82. The summed E-state index contributed by atoms with van der Waals surface area (Å²) in [5.74, 6) is 2.41. The number of anilines is 1. The minimum absolute atomic E-state index is 0. The number of nitrogens with zero attached hydrogens (tertiary/aromatic N) is 4. The Morgan fingerprint density at radius 2 is 1.97 bits per heavy atom. The van der Waals surface area contributed by atoms with Gasteiger partial charge in [0.15, 0.2) is 5.96 Å². The van der Waals surface area contributed by atoms with E-state index in [2.05, 4.69) is 31.6 Å². The topological polar surface area (TPSA) is 82.1 Å². The third kappa shape index (κ3) is 9.17. The standard InChI is InChI=1S/C24H40N6O2.HI/c1-24(2,3)32-23(31)30-15-7-8-19(18-30)10-14-27-22(25-4)28-20-11-16-29(17-12-20)21-9-5-6-13-26-21;/h5-6,9,13,19-20H,7-8,10-12,14-18H2,1-4H3,(H2,25,27,28);1H. The van der Waals surface area contributed by atoms with E-state index in [1.54, 1.807) is 0 Å². The number of halogens is 1. The lowest BCUT2D eigenvalue weighted by atomic mass is 9.95. The summed E-state index contributed by atoms with van der Waals surface area (Å²) in [6.45, 7) is 10.1. The van der Waals surface area contributed by atoms with Crippen molar-refractivity contribution < 1.29 is 9.53 Å². The van der Waals surface area contributed by atoms with Gasteiger partial charge in [0, 0.05) is 52.0 Å². The summed E-state index contributed by atoms with van der Waals surface area (Å²) in [6, 6.07) is 6.48. The normalized spacial score (nSPS) is 20.1. The highest BCUT2D eigenvalue weighted by Crippen LogP contribution is 2.21. The van der Waals surface area contributed by atoms with Crippen molar-refractivity contribution in [2.45, 2.75) is 64.5 Å². The molecule has 2 aliphatic heterocycles. The number of amides is 1. The monoisotopic (exact) mass is 572 g/mol. The highest BCUT2D eigenvalue weighted by molar-refractivity contribution is 14.0. The summed E-state index contributed by atoms with van der Waals surface area (Å²) in [5, 5.41) is 7.04. The second kappa shape index (κ2) is 13.2. The van der Waals surface area contributed by atoms with E-state index >= 15 is 0 Å². The van der Waals surface area contributed by atoms with Gasteiger partial charge >= 0.3 is 6.09 Å². The molecule has 0 saturated carbocycles. The number of ether oxygens (including phenoxy) is 1. The van der Waals surface area contributed by atoms with Crippen molar-refractivity contribution in [3.8, 4) is 0 Å². The number of likely N-dealkylation sites (tertiary alicyclic amines) is 1. The first-order valence-corrected chi connectivity index (χ1v) is 11.9. The van der Waals surface area contributed by atoms with Crippen LogP contribution >= 0.6 is 24.0 Å². The molecule has 2 saturated heterocycles. The zero-order valence-electron chi connectivity index (χ0n) is 20.5. The van der Waals surface area contributed by atoms with Gasteiger partial charge in [0.2, 0.25) is 0 Å². The van der Waals surface area contributed by atoms with Gasteiger partial charge in [-0.15, -0.1) is 24.0 Å². The van der Waals surface area contributed by atoms with E-state index in [0.717, 1.165) is 76.6 Å². The summed E-state index contributed by atoms with van der Waals surface area (Å²) >= 11 is 0. The fraction of sp³-hybridized carbons (Fsp3) is 0.708. The summed E-state index contributed by atoms with van der Waals surface area (Å²) in [4.78, 5) is 25.4. The molecule has 1 amide bonds. The molecule has 0 spiro atoms. The molecule has 9 heteroatoms. The highest BCUT2D eigenvalue weighted by atomic mass is 127. The summed E-state index contributed by atoms with van der Waals surface area (Å²) in [6.07, 6.45) is 6.98. The Labute approximate surface area is 216 Å². The molecule has 0 bridgehead atoms. The van der Waals surface area contributed by atoms with Crippen LogP contribution in [-0.4, -0.2) is 73.4 Å². The number of rotatable bonds is 5. The molecule has 3 rings (SSSR count). The van der Waals surface area contributed by atoms with Crippen LogP contribution in [0.15, 0.2) is 29.4 Å². The fourth-order valence-corrected chi connectivity index (χ4v) is 4.37. The number of piperidine rings is 2. The average Bonchev–Trinajstić information content (AvgIpc) is 2.78. The average molecular weight is 573 g/mol. The smallest absolute Gasteiger partial charge is 0.410 e. The molecular weight excluding hydrogens is 531 g/mol. The van der Waals surface area contributed by atoms with E-state index in [0.29, 0.717) is 12.0 Å². The second-order valence-electron chi connectivity index (χ2n) is 9.82. The van der Waals surface area contributed by atoms with Gasteiger partial charge in [-0.1, -0.05) is 6.07 Å². The lowest BCUT2D eigenvalue weighted by molar-refractivity contribution is 0.0162. The van der Waals surface area contributed by atoms with E-state index in [1.807, 2.05) is 51.0 Å². The van der Waals surface area contributed by atoms with E-state index in [-0.39, 0.29) is 30.1 Å². The van der Waals surface area contributed by atoms with Crippen LogP contribution in [0, 0.1) is 5.92 Å². The van der Waals surface area contributed by atoms with Crippen molar-refractivity contribution in [1.29, 1.82) is 0 Å². The number of hydrogen-bond acceptors (Lipinski definition) is 5. The van der Waals surface area contributed by atoms with Crippen LogP contribution in [0.1, 0.15) is 52.9 Å². The van der Waals surface area contributed by atoms with Gasteiger partial charge in [-0.25, -0.2) is 9.78 Å². The van der Waals surface area contributed by atoms with Crippen LogP contribution in [0.4, 0.5) is 10.6 Å². The van der Waals surface area contributed by atoms with Crippen molar-refractivity contribution in [2.75, 3.05) is 44.7 Å². The molecule has 186 valence electrons. The Bertz CT molecular complexity index is 747. The van der Waals surface area contributed by atoms with E-state index < -0.39 is 5.60 Å². The number of carbonyl (C=O) groups is 1. The van der Waals surface area contributed by atoms with Crippen LogP contribution in [0.2, 0.25) is 0 Å². The zero-order valence-corrected chi connectivity index (χ0v) is 22.9. The lowest BCUT2D eigenvalue weighted by Gasteiger charge is -2.35. The SMILES string of the molecule is CN=C(NCCC1CCCN(C(=O)OC(C)(C)C)C1)NC1CCN(c2ccccn2)CC1.I. The molecule has 1 aromatic rings. The predicted octanol–water partition coefficient (Wildman–Crippen LogP) is 3.87. The van der Waals surface area contributed by atoms with Crippen LogP contribution < -0.4 is 15.5 Å². The highest BCUT2D eigenvalue weighted by Gasteiger charge is 2.27. The van der Waals surface area contributed by atoms with E-state index in [9.17, 15) is 4.79 Å². The Morgan fingerprint density at radius 3 is 2.61 bits per heavy atom. The van der Waals surface area contributed by atoms with Crippen molar-refractivity contribution in [3.63, 3.8) is 0 Å². The molecule has 33 heavy (non-hydrogen) atoms. The third-order valence-corrected chi connectivity index (χ3v) is 6.05. The molecule has 3 heterocycles. The van der Waals surface area contributed by atoms with E-state index in [1.165, 1.54) is 0 Å². The quantitative estimate of drug-likeness (QED) is 0.317. The zero-order chi connectivity index (χ0) is 23.0. The number of aromatic nitrogens is 1. The van der Waals surface area contributed by atoms with Gasteiger partial charge in [-0.05, 0) is 70.9 Å². The number of pyridine rings is 1. The molecule has 2 N–H and O–H groups in total. The molecule has 1 atom stereocenters. The third-order valence-electron chi connectivity index (χ3n) is 6.05. The summed E-state index contributed by atoms with van der Waals surface area (Å²) < 4.78 is 5.54. The number of aliphatic imine (C=N–C) groups is 1. The maximum atomic E-state index is 12.4. The van der Waals surface area contributed by atoms with Crippen LogP contribution in [-0.2, 0) is 4.74 Å². The van der Waals surface area contributed by atoms with E-state index in [4.69, 9.17) is 4.74 Å². The van der Waals surface area contributed by atoms with Gasteiger partial charge in [0.25, 0.3) is 0 Å². The summed E-state index contributed by atoms with van der Waals surface area (Å²) in [5.41, 5.74) is -0.447. The molecule has 2 aliphatic rings. The van der Waals surface area contributed by atoms with Gasteiger partial charge in [-0.3, -0.25) is 4.99 Å². The van der Waals surface area contributed by atoms with Gasteiger partial charge < -0.3 is 25.2 Å². The first kappa shape index (κ1) is 27.5. The van der Waals surface area contributed by atoms with Crippen molar-refractivity contribution in [1.82, 2.24) is 20.5 Å². The molecule has 0 aromatic carbocycles. The Kier molecular flexibility index (Phi) is 11.0. The Hall–Kier alpha value is -1.78. The van der Waals surface area contributed by atoms with Gasteiger partial charge in [-0.2, -0.15) is 0 Å². The minimum atomic E-state index is -0.447. The molecule has 0 aliphatic carbocycles. The van der Waals surface area contributed by atoms with Crippen molar-refractivity contribution in [3.05, 3.63) is 24.4 Å². The molecule has 8 nitrogen and oxygen atoms in total.